The zero-order chi connectivity index (χ0) is 4.41. The first-order valence-corrected chi connectivity index (χ1v) is 5.14. The molecule has 1 rings (SSSR count). The second kappa shape index (κ2) is 1.96. The van der Waals surface area contributed by atoms with E-state index in [-0.39, 0.29) is 0 Å². The van der Waals surface area contributed by atoms with Crippen molar-refractivity contribution in [2.24, 2.45) is 0 Å². The molecule has 0 amide bonds. The Kier molecular flexibility index (Phi) is 1.51. The molecule has 0 aliphatic carbocycles. The van der Waals surface area contributed by atoms with Crippen molar-refractivity contribution in [1.82, 2.24) is 0 Å². The molecule has 1 aliphatic rings. The molecule has 0 aromatic heterocycles. The van der Waals surface area contributed by atoms with Gasteiger partial charge in [0.2, 0.25) is 0 Å². The van der Waals surface area contributed by atoms with Gasteiger partial charge in [-0.3, -0.25) is 0 Å². The number of halogens is 1. The van der Waals surface area contributed by atoms with E-state index in [9.17, 15) is 0 Å². The molecule has 0 aromatic carbocycles. The Labute approximate surface area is 48.9 Å². The Morgan fingerprint density at radius 3 is 2.83 bits per heavy atom. The van der Waals surface area contributed by atoms with E-state index in [1.165, 1.54) is 8.86 Å². The molecule has 6 heavy (non-hydrogen) atoms. The number of hydrogen-bond acceptors (Lipinski definition) is 0. The van der Waals surface area contributed by atoms with Gasteiger partial charge in [0, 0.05) is 0 Å². The number of hydrogen-bond donors (Lipinski definition) is 0. The summed E-state index contributed by atoms with van der Waals surface area (Å²) in [5.41, 5.74) is 1.63. The molecule has 0 fully saturated rings. The van der Waals surface area contributed by atoms with Crippen LogP contribution in [0.2, 0.25) is 0 Å². The van der Waals surface area contributed by atoms with Crippen molar-refractivity contribution in [1.29, 1.82) is 0 Å². The van der Waals surface area contributed by atoms with Gasteiger partial charge >= 0.3 is 48.6 Å². The average molecular weight is 195 g/mol. The van der Waals surface area contributed by atoms with E-state index in [1.54, 1.807) is 5.57 Å². The molecule has 1 heteroatoms. The van der Waals surface area contributed by atoms with Crippen molar-refractivity contribution >= 4 is 0 Å². The normalized spacial score (nSPS) is 22.5. The molecule has 0 N–H and O–H groups in total. The van der Waals surface area contributed by atoms with E-state index in [1.807, 2.05) is 0 Å². The Balaban J connectivity index is 2.45. The molecule has 1 aliphatic heterocycles. The minimum atomic E-state index is 0.609. The molecular weight excluding hydrogens is 187 g/mol. The van der Waals surface area contributed by atoms with Gasteiger partial charge in [0.05, 0.1) is 0 Å². The first-order valence-electron chi connectivity index (χ1n) is 2.08. The van der Waals surface area contributed by atoms with Gasteiger partial charge in [-0.2, -0.15) is 0 Å². The summed E-state index contributed by atoms with van der Waals surface area (Å²) in [5.74, 6) is 0. The van der Waals surface area contributed by atoms with Gasteiger partial charge in [-0.25, -0.2) is 0 Å². The maximum absolute atomic E-state index is 2.37. The Bertz CT molecular complexity index is 74.0. The molecule has 0 radical (unpaired) electrons. The molecule has 1 heterocycles. The molecule has 0 saturated heterocycles. The van der Waals surface area contributed by atoms with Gasteiger partial charge < -0.3 is 0 Å². The molecule has 0 saturated carbocycles. The summed E-state index contributed by atoms with van der Waals surface area (Å²) < 4.78 is 2.89. The molecule has 36 valence electrons. The van der Waals surface area contributed by atoms with E-state index in [0.717, 1.165) is 0 Å². The fourth-order valence-electron chi connectivity index (χ4n) is 0.444. The van der Waals surface area contributed by atoms with Crippen LogP contribution < -0.4 is 21.2 Å². The number of alkyl halides is 2. The summed E-state index contributed by atoms with van der Waals surface area (Å²) in [4.78, 5) is 0. The summed E-state index contributed by atoms with van der Waals surface area (Å²) in [6, 6.07) is 0. The fraction of sp³-hybridized carbons (Fsp3) is 0.600. The van der Waals surface area contributed by atoms with Crippen LogP contribution in [0.3, 0.4) is 0 Å². The first kappa shape index (κ1) is 4.62. The van der Waals surface area contributed by atoms with E-state index < -0.39 is 0 Å². The molecule has 0 nitrogen and oxygen atoms in total. The molecule has 0 unspecified atom stereocenters. The quantitative estimate of drug-likeness (QED) is 0.239. The van der Waals surface area contributed by atoms with Crippen LogP contribution in [-0.4, -0.2) is 8.86 Å². The van der Waals surface area contributed by atoms with Crippen LogP contribution >= 0.6 is 0 Å². The molecule has 0 spiro atoms. The van der Waals surface area contributed by atoms with Gasteiger partial charge in [-0.15, -0.1) is 0 Å². The van der Waals surface area contributed by atoms with E-state index >= 15 is 0 Å². The Hall–Kier alpha value is 0.470. The zero-order valence-electron chi connectivity index (χ0n) is 3.87. The third kappa shape index (κ3) is 0.965. The summed E-state index contributed by atoms with van der Waals surface area (Å²) in [7, 11) is 0. The maximum atomic E-state index is 2.37. The minimum absolute atomic E-state index is 0.609. The zero-order valence-corrected chi connectivity index (χ0v) is 6.03. The second-order valence-corrected chi connectivity index (χ2v) is 4.25. The standard InChI is InChI=1S/C5H8I/c1-5-2-3-6-4-5/h2H,3-4H2,1H3/q-1. The van der Waals surface area contributed by atoms with Gasteiger partial charge in [0.25, 0.3) is 0 Å². The van der Waals surface area contributed by atoms with E-state index in [2.05, 4.69) is 13.0 Å². The molecule has 0 aromatic rings. The summed E-state index contributed by atoms with van der Waals surface area (Å²) in [6.45, 7) is 2.23. The summed E-state index contributed by atoms with van der Waals surface area (Å²) >= 11 is 0.609. The van der Waals surface area contributed by atoms with Crippen LogP contribution in [0.5, 0.6) is 0 Å². The number of allylic oxidation sites excluding steroid dienone is 2. The van der Waals surface area contributed by atoms with E-state index in [4.69, 9.17) is 0 Å². The van der Waals surface area contributed by atoms with Crippen molar-refractivity contribution in [2.45, 2.75) is 6.92 Å². The van der Waals surface area contributed by atoms with Crippen molar-refractivity contribution in [3.8, 4) is 0 Å². The molecule has 0 atom stereocenters. The predicted molar refractivity (Wildman–Crippen MR) is 23.5 cm³/mol. The third-order valence-electron chi connectivity index (χ3n) is 0.840. The van der Waals surface area contributed by atoms with E-state index in [0.29, 0.717) is 21.2 Å². The van der Waals surface area contributed by atoms with Crippen LogP contribution in [0.1, 0.15) is 6.92 Å². The SMILES string of the molecule is CC1=CC[I-]C1. The average Bonchev–Trinajstić information content (AvgIpc) is 1.86. The van der Waals surface area contributed by atoms with Crippen LogP contribution in [0.15, 0.2) is 11.6 Å². The predicted octanol–water partition coefficient (Wildman–Crippen LogP) is -1.96. The van der Waals surface area contributed by atoms with Gasteiger partial charge in [-0.05, 0) is 0 Å². The Morgan fingerprint density at radius 2 is 2.67 bits per heavy atom. The molecular formula is C5H8I-. The molecule has 0 bridgehead atoms. The Morgan fingerprint density at radius 1 is 1.83 bits per heavy atom. The second-order valence-electron chi connectivity index (χ2n) is 1.53. The van der Waals surface area contributed by atoms with Crippen LogP contribution in [-0.2, 0) is 0 Å². The third-order valence-corrected chi connectivity index (χ3v) is 3.65. The van der Waals surface area contributed by atoms with Gasteiger partial charge in [0.1, 0.15) is 0 Å². The van der Waals surface area contributed by atoms with Crippen molar-refractivity contribution in [3.05, 3.63) is 11.6 Å². The van der Waals surface area contributed by atoms with Crippen molar-refractivity contribution in [2.75, 3.05) is 8.86 Å². The fourth-order valence-corrected chi connectivity index (χ4v) is 2.98. The topological polar surface area (TPSA) is 0 Å². The van der Waals surface area contributed by atoms with Gasteiger partial charge in [0.15, 0.2) is 0 Å². The van der Waals surface area contributed by atoms with Crippen LogP contribution in [0.25, 0.3) is 0 Å². The summed E-state index contributed by atoms with van der Waals surface area (Å²) in [6.07, 6.45) is 2.37. The number of rotatable bonds is 0. The van der Waals surface area contributed by atoms with Gasteiger partial charge in [-0.1, -0.05) is 0 Å². The van der Waals surface area contributed by atoms with Crippen LogP contribution in [0.4, 0.5) is 0 Å². The first-order chi connectivity index (χ1) is 2.89. The van der Waals surface area contributed by atoms with Crippen LogP contribution in [0, 0.1) is 0 Å². The summed E-state index contributed by atoms with van der Waals surface area (Å²) in [5, 5.41) is 0. The monoisotopic (exact) mass is 195 g/mol. The van der Waals surface area contributed by atoms with Crippen molar-refractivity contribution < 1.29 is 21.2 Å². The van der Waals surface area contributed by atoms with Crippen molar-refractivity contribution in [3.63, 3.8) is 0 Å².